The molecule has 0 amide bonds. The summed E-state index contributed by atoms with van der Waals surface area (Å²) in [5.74, 6) is 0.293. The van der Waals surface area contributed by atoms with Crippen LogP contribution in [0.3, 0.4) is 0 Å². The zero-order valence-corrected chi connectivity index (χ0v) is 11.3. The van der Waals surface area contributed by atoms with Crippen LogP contribution in [0.15, 0.2) is 18.2 Å². The van der Waals surface area contributed by atoms with Crippen LogP contribution in [0.5, 0.6) is 5.75 Å². The molecule has 6 nitrogen and oxygen atoms in total. The molecular weight excluding hydrogens is 246 g/mol. The van der Waals surface area contributed by atoms with Gasteiger partial charge in [-0.2, -0.15) is 0 Å². The molecule has 1 aromatic carbocycles. The van der Waals surface area contributed by atoms with Gasteiger partial charge >= 0.3 is 5.97 Å². The number of hydrogen-bond donors (Lipinski definition) is 3. The molecule has 0 bridgehead atoms. The van der Waals surface area contributed by atoms with Gasteiger partial charge in [-0.1, -0.05) is 12.1 Å². The molecule has 6 heteroatoms. The second-order valence-electron chi connectivity index (χ2n) is 4.57. The number of rotatable bonds is 3. The Morgan fingerprint density at radius 3 is 2.63 bits per heavy atom. The number of carbonyl (C=O) groups excluding carboxylic acids is 1. The fraction of sp³-hybridized carbons (Fsp3) is 0.462. The lowest BCUT2D eigenvalue weighted by atomic mass is 9.89. The first-order chi connectivity index (χ1) is 9.08. The maximum Gasteiger partial charge on any atom is 0.324 e. The third-order valence-electron chi connectivity index (χ3n) is 3.41. The van der Waals surface area contributed by atoms with Gasteiger partial charge < -0.3 is 15.2 Å². The molecule has 3 atom stereocenters. The van der Waals surface area contributed by atoms with E-state index in [1.807, 2.05) is 25.1 Å². The second kappa shape index (κ2) is 5.56. The van der Waals surface area contributed by atoms with Gasteiger partial charge in [0.1, 0.15) is 11.8 Å². The largest absolute Gasteiger partial charge is 0.496 e. The highest BCUT2D eigenvalue weighted by atomic mass is 16.5. The first kappa shape index (κ1) is 13.8. The van der Waals surface area contributed by atoms with Crippen LogP contribution in [0.1, 0.15) is 17.0 Å². The SMILES string of the molecule is COC(=O)C1NNC(N)C1c1ccc(OC)c(C)c1. The lowest BCUT2D eigenvalue weighted by Gasteiger charge is -2.20. The molecule has 0 aliphatic carbocycles. The third-order valence-corrected chi connectivity index (χ3v) is 3.41. The Labute approximate surface area is 112 Å². The molecule has 4 N–H and O–H groups in total. The van der Waals surface area contributed by atoms with Crippen molar-refractivity contribution in [3.63, 3.8) is 0 Å². The lowest BCUT2D eigenvalue weighted by Crippen LogP contribution is -2.39. The van der Waals surface area contributed by atoms with Crippen molar-refractivity contribution in [3.05, 3.63) is 29.3 Å². The molecule has 1 aliphatic heterocycles. The molecule has 3 unspecified atom stereocenters. The molecule has 1 heterocycles. The smallest absolute Gasteiger partial charge is 0.324 e. The van der Waals surface area contributed by atoms with Gasteiger partial charge in [0.25, 0.3) is 0 Å². The lowest BCUT2D eigenvalue weighted by molar-refractivity contribution is -0.143. The summed E-state index contributed by atoms with van der Waals surface area (Å²) < 4.78 is 10.0. The molecular formula is C13H19N3O3. The zero-order valence-electron chi connectivity index (χ0n) is 11.3. The number of methoxy groups -OCH3 is 2. The Morgan fingerprint density at radius 2 is 2.05 bits per heavy atom. The van der Waals surface area contributed by atoms with Crippen LogP contribution in [0, 0.1) is 6.92 Å². The molecule has 1 fully saturated rings. The molecule has 1 aliphatic rings. The summed E-state index contributed by atoms with van der Waals surface area (Å²) in [5, 5.41) is 0. The Bertz CT molecular complexity index is 478. The summed E-state index contributed by atoms with van der Waals surface area (Å²) in [5.41, 5.74) is 13.7. The van der Waals surface area contributed by atoms with Crippen LogP contribution < -0.4 is 21.3 Å². The van der Waals surface area contributed by atoms with Gasteiger partial charge in [-0.25, -0.2) is 10.9 Å². The summed E-state index contributed by atoms with van der Waals surface area (Å²) >= 11 is 0. The van der Waals surface area contributed by atoms with Gasteiger partial charge in [-0.05, 0) is 24.1 Å². The maximum absolute atomic E-state index is 11.7. The van der Waals surface area contributed by atoms with Crippen molar-refractivity contribution in [1.29, 1.82) is 0 Å². The Kier molecular flexibility index (Phi) is 4.04. The molecule has 1 saturated heterocycles. The van der Waals surface area contributed by atoms with E-state index in [1.54, 1.807) is 7.11 Å². The molecule has 0 spiro atoms. The van der Waals surface area contributed by atoms with E-state index in [0.29, 0.717) is 0 Å². The first-order valence-corrected chi connectivity index (χ1v) is 6.07. The average molecular weight is 265 g/mol. The Hall–Kier alpha value is -1.63. The maximum atomic E-state index is 11.7. The van der Waals surface area contributed by atoms with E-state index in [2.05, 4.69) is 10.9 Å². The number of aryl methyl sites for hydroxylation is 1. The van der Waals surface area contributed by atoms with Crippen molar-refractivity contribution in [2.45, 2.75) is 25.0 Å². The normalized spacial score (nSPS) is 26.2. The fourth-order valence-corrected chi connectivity index (χ4v) is 2.41. The Balaban J connectivity index is 2.32. The van der Waals surface area contributed by atoms with Crippen LogP contribution in [0.2, 0.25) is 0 Å². The van der Waals surface area contributed by atoms with E-state index in [0.717, 1.165) is 16.9 Å². The fourth-order valence-electron chi connectivity index (χ4n) is 2.41. The third kappa shape index (κ3) is 2.56. The monoisotopic (exact) mass is 265 g/mol. The molecule has 19 heavy (non-hydrogen) atoms. The highest BCUT2D eigenvalue weighted by Gasteiger charge is 2.40. The van der Waals surface area contributed by atoms with Gasteiger partial charge in [0.2, 0.25) is 0 Å². The number of ether oxygens (including phenoxy) is 2. The minimum atomic E-state index is -0.493. The van der Waals surface area contributed by atoms with E-state index in [4.69, 9.17) is 15.2 Å². The Morgan fingerprint density at radius 1 is 1.32 bits per heavy atom. The quantitative estimate of drug-likeness (QED) is 0.668. The van der Waals surface area contributed by atoms with Crippen LogP contribution in [-0.2, 0) is 9.53 Å². The molecule has 0 radical (unpaired) electrons. The number of nitrogens with one attached hydrogen (secondary N) is 2. The van der Waals surface area contributed by atoms with E-state index < -0.39 is 6.04 Å². The summed E-state index contributed by atoms with van der Waals surface area (Å²) in [6.45, 7) is 1.96. The van der Waals surface area contributed by atoms with Crippen LogP contribution >= 0.6 is 0 Å². The number of hydrogen-bond acceptors (Lipinski definition) is 6. The van der Waals surface area contributed by atoms with Crippen molar-refractivity contribution in [1.82, 2.24) is 10.9 Å². The minimum absolute atomic E-state index is 0.183. The highest BCUT2D eigenvalue weighted by Crippen LogP contribution is 2.29. The number of hydrazine groups is 1. The predicted molar refractivity (Wildman–Crippen MR) is 70.5 cm³/mol. The van der Waals surface area contributed by atoms with Gasteiger partial charge in [-0.3, -0.25) is 4.79 Å². The van der Waals surface area contributed by atoms with Gasteiger partial charge in [0.15, 0.2) is 0 Å². The summed E-state index contributed by atoms with van der Waals surface area (Å²) in [6.07, 6.45) is -0.350. The van der Waals surface area contributed by atoms with E-state index in [9.17, 15) is 4.79 Å². The summed E-state index contributed by atoms with van der Waals surface area (Å²) in [4.78, 5) is 11.7. The van der Waals surface area contributed by atoms with Gasteiger partial charge in [0, 0.05) is 5.92 Å². The molecule has 1 aromatic rings. The van der Waals surface area contributed by atoms with Crippen LogP contribution in [0.4, 0.5) is 0 Å². The second-order valence-corrected chi connectivity index (χ2v) is 4.57. The minimum Gasteiger partial charge on any atom is -0.496 e. The van der Waals surface area contributed by atoms with Crippen LogP contribution in [0.25, 0.3) is 0 Å². The highest BCUT2D eigenvalue weighted by molar-refractivity contribution is 5.77. The number of esters is 1. The van der Waals surface area contributed by atoms with E-state index in [1.165, 1.54) is 7.11 Å². The van der Waals surface area contributed by atoms with Crippen molar-refractivity contribution in [2.75, 3.05) is 14.2 Å². The van der Waals surface area contributed by atoms with E-state index in [-0.39, 0.29) is 18.1 Å². The molecule has 0 saturated carbocycles. The van der Waals surface area contributed by atoms with Crippen molar-refractivity contribution < 1.29 is 14.3 Å². The molecule has 0 aromatic heterocycles. The molecule has 2 rings (SSSR count). The number of nitrogens with two attached hydrogens (primary N) is 1. The number of benzene rings is 1. The topological polar surface area (TPSA) is 85.6 Å². The van der Waals surface area contributed by atoms with Crippen molar-refractivity contribution >= 4 is 5.97 Å². The van der Waals surface area contributed by atoms with Gasteiger partial charge in [-0.15, -0.1) is 0 Å². The van der Waals surface area contributed by atoms with Gasteiger partial charge in [0.05, 0.1) is 20.4 Å². The van der Waals surface area contributed by atoms with Crippen molar-refractivity contribution in [2.24, 2.45) is 5.73 Å². The molecule has 104 valence electrons. The summed E-state index contributed by atoms with van der Waals surface area (Å²) in [6, 6.07) is 5.28. The average Bonchev–Trinajstić information content (AvgIpc) is 2.79. The van der Waals surface area contributed by atoms with Crippen molar-refractivity contribution in [3.8, 4) is 5.75 Å². The standard InChI is InChI=1S/C13H19N3O3/c1-7-6-8(4-5-9(7)18-2)10-11(13(17)19-3)15-16-12(10)14/h4-6,10-12,15-16H,14H2,1-3H3. The summed E-state index contributed by atoms with van der Waals surface area (Å²) in [7, 11) is 2.99. The first-order valence-electron chi connectivity index (χ1n) is 6.07. The predicted octanol–water partition coefficient (Wildman–Crippen LogP) is 0.0214. The van der Waals surface area contributed by atoms with Crippen LogP contribution in [-0.4, -0.2) is 32.4 Å². The van der Waals surface area contributed by atoms with E-state index >= 15 is 0 Å². The zero-order chi connectivity index (χ0) is 14.0. The number of carbonyl (C=O) groups is 1.